The maximum Gasteiger partial charge on any atom is 0.303 e. The Bertz CT molecular complexity index is 928. The average molecular weight is 441 g/mol. The second-order valence-corrected chi connectivity index (χ2v) is 6.11. The number of aryl methyl sites for hydroxylation is 1. The first-order chi connectivity index (χ1) is 11.5. The first kappa shape index (κ1) is 16.6. The zero-order valence-electron chi connectivity index (χ0n) is 12.4. The van der Waals surface area contributed by atoms with E-state index in [1.165, 1.54) is 12.1 Å². The largest absolute Gasteiger partial charge is 0.481 e. The number of carbonyl (C=O) groups is 1. The third-order valence-corrected chi connectivity index (χ3v) is 3.93. The fourth-order valence-electron chi connectivity index (χ4n) is 2.44. The Balaban J connectivity index is 2.15. The smallest absolute Gasteiger partial charge is 0.303 e. The fraction of sp³-hybridized carbons (Fsp3) is 0.200. The first-order valence-electron chi connectivity index (χ1n) is 7.12. The van der Waals surface area contributed by atoms with Crippen LogP contribution in [0.5, 0.6) is 0 Å². The normalized spacial score (nSPS) is 11.1. The monoisotopic (exact) mass is 441 g/mol. The molecule has 0 bridgehead atoms. The number of nitrogens with two attached hydrogens (primary N) is 1. The second kappa shape index (κ2) is 6.67. The number of carboxylic acid groups (broad SMARTS) is 1. The molecular weight excluding hydrogens is 428 g/mol. The van der Waals surface area contributed by atoms with Gasteiger partial charge >= 0.3 is 5.97 Å². The third kappa shape index (κ3) is 3.30. The maximum absolute atomic E-state index is 13.6. The van der Waals surface area contributed by atoms with Gasteiger partial charge in [0.25, 0.3) is 0 Å². The summed E-state index contributed by atoms with van der Waals surface area (Å²) < 4.78 is 15.8. The van der Waals surface area contributed by atoms with Crippen LogP contribution in [-0.2, 0) is 11.3 Å². The van der Waals surface area contributed by atoms with Crippen molar-refractivity contribution in [2.45, 2.75) is 19.4 Å². The van der Waals surface area contributed by atoms with Crippen molar-refractivity contribution in [3.63, 3.8) is 0 Å². The molecule has 0 fully saturated rings. The van der Waals surface area contributed by atoms with E-state index in [4.69, 9.17) is 10.8 Å². The van der Waals surface area contributed by atoms with Crippen molar-refractivity contribution in [2.75, 3.05) is 5.73 Å². The molecule has 3 rings (SSSR count). The Labute approximate surface area is 149 Å². The van der Waals surface area contributed by atoms with E-state index in [1.54, 1.807) is 16.7 Å². The van der Waals surface area contributed by atoms with E-state index in [9.17, 15) is 9.18 Å². The quantitative estimate of drug-likeness (QED) is 0.466. The van der Waals surface area contributed by atoms with Crippen LogP contribution in [0.1, 0.15) is 12.8 Å². The Morgan fingerprint density at radius 3 is 2.83 bits per heavy atom. The van der Waals surface area contributed by atoms with Crippen molar-refractivity contribution in [1.82, 2.24) is 19.5 Å². The highest BCUT2D eigenvalue weighted by Crippen LogP contribution is 2.27. The predicted octanol–water partition coefficient (Wildman–Crippen LogP) is 2.68. The van der Waals surface area contributed by atoms with Gasteiger partial charge in [-0.25, -0.2) is 19.3 Å². The number of imidazole rings is 1. The summed E-state index contributed by atoms with van der Waals surface area (Å²) in [5.41, 5.74) is 7.42. The van der Waals surface area contributed by atoms with Crippen molar-refractivity contribution >= 4 is 45.5 Å². The standard InChI is InChI=1S/C15H13FIN5O2/c16-9-4-1-3-8(7-9)13-19-11-12(18)20-15(17)21-14(11)22(13)6-2-5-10(23)24/h1,3-4,7H,2,5-6H2,(H,23,24)(H2,18,20,21). The number of rotatable bonds is 5. The molecule has 0 aliphatic heterocycles. The Hall–Kier alpha value is -2.30. The highest BCUT2D eigenvalue weighted by atomic mass is 127. The number of hydrogen-bond donors (Lipinski definition) is 2. The van der Waals surface area contributed by atoms with Crippen LogP contribution in [0, 0.1) is 9.65 Å². The highest BCUT2D eigenvalue weighted by Gasteiger charge is 2.18. The van der Waals surface area contributed by atoms with Crippen LogP contribution in [0.4, 0.5) is 10.2 Å². The van der Waals surface area contributed by atoms with Crippen molar-refractivity contribution in [2.24, 2.45) is 0 Å². The molecule has 0 saturated heterocycles. The van der Waals surface area contributed by atoms with E-state index in [1.807, 2.05) is 22.6 Å². The number of hydrogen-bond acceptors (Lipinski definition) is 5. The summed E-state index contributed by atoms with van der Waals surface area (Å²) in [5, 5.41) is 8.85. The zero-order valence-corrected chi connectivity index (χ0v) is 14.6. The number of anilines is 1. The zero-order chi connectivity index (χ0) is 17.3. The summed E-state index contributed by atoms with van der Waals surface area (Å²) in [6.07, 6.45) is 0.406. The van der Waals surface area contributed by atoms with Crippen LogP contribution in [0.15, 0.2) is 24.3 Å². The van der Waals surface area contributed by atoms with Crippen molar-refractivity contribution < 1.29 is 14.3 Å². The minimum Gasteiger partial charge on any atom is -0.481 e. The SMILES string of the molecule is Nc1nc(I)nc2c1nc(-c1cccc(F)c1)n2CCCC(=O)O. The van der Waals surface area contributed by atoms with E-state index in [-0.39, 0.29) is 18.1 Å². The summed E-state index contributed by atoms with van der Waals surface area (Å²) >= 11 is 1.95. The minimum atomic E-state index is -0.879. The van der Waals surface area contributed by atoms with Gasteiger partial charge in [-0.15, -0.1) is 0 Å². The van der Waals surface area contributed by atoms with Crippen LogP contribution in [0.2, 0.25) is 0 Å². The Morgan fingerprint density at radius 2 is 2.12 bits per heavy atom. The van der Waals surface area contributed by atoms with Gasteiger partial charge in [0.1, 0.15) is 11.6 Å². The van der Waals surface area contributed by atoms with Gasteiger partial charge in [-0.05, 0) is 18.6 Å². The average Bonchev–Trinajstić information content (AvgIpc) is 2.86. The molecule has 3 N–H and O–H groups in total. The van der Waals surface area contributed by atoms with Crippen LogP contribution in [0.25, 0.3) is 22.6 Å². The van der Waals surface area contributed by atoms with E-state index >= 15 is 0 Å². The van der Waals surface area contributed by atoms with E-state index in [2.05, 4.69) is 15.0 Å². The number of carboxylic acids is 1. The summed E-state index contributed by atoms with van der Waals surface area (Å²) in [7, 11) is 0. The lowest BCUT2D eigenvalue weighted by Gasteiger charge is -2.08. The molecule has 7 nitrogen and oxygen atoms in total. The Morgan fingerprint density at radius 1 is 1.33 bits per heavy atom. The summed E-state index contributed by atoms with van der Waals surface area (Å²) in [4.78, 5) is 23.7. The topological polar surface area (TPSA) is 107 Å². The second-order valence-electron chi connectivity index (χ2n) is 5.14. The molecule has 0 unspecified atom stereocenters. The van der Waals surface area contributed by atoms with Crippen LogP contribution >= 0.6 is 22.6 Å². The number of aromatic nitrogens is 4. The van der Waals surface area contributed by atoms with E-state index in [0.717, 1.165) is 0 Å². The lowest BCUT2D eigenvalue weighted by molar-refractivity contribution is -0.137. The molecule has 0 amide bonds. The molecule has 3 aromatic rings. The molecule has 0 aliphatic carbocycles. The van der Waals surface area contributed by atoms with Gasteiger partial charge in [0.15, 0.2) is 20.8 Å². The summed E-state index contributed by atoms with van der Waals surface area (Å²) in [6.45, 7) is 0.376. The Kier molecular flexibility index (Phi) is 4.60. The van der Waals surface area contributed by atoms with Crippen molar-refractivity contribution in [3.05, 3.63) is 33.9 Å². The number of fused-ring (bicyclic) bond motifs is 1. The summed E-state index contributed by atoms with van der Waals surface area (Å²) in [6, 6.07) is 6.03. The van der Waals surface area contributed by atoms with Crippen LogP contribution < -0.4 is 5.73 Å². The maximum atomic E-state index is 13.6. The number of benzene rings is 1. The molecular formula is C15H13FIN5O2. The molecule has 0 aliphatic rings. The van der Waals surface area contributed by atoms with Gasteiger partial charge in [0.2, 0.25) is 0 Å². The molecule has 1 aromatic carbocycles. The number of halogens is 2. The molecule has 0 spiro atoms. The molecule has 2 heterocycles. The number of aliphatic carboxylic acids is 1. The van der Waals surface area contributed by atoms with Crippen LogP contribution in [-0.4, -0.2) is 30.6 Å². The fourth-order valence-corrected chi connectivity index (χ4v) is 2.93. The number of nitrogens with zero attached hydrogens (tertiary/aromatic N) is 4. The van der Waals surface area contributed by atoms with E-state index in [0.29, 0.717) is 39.3 Å². The molecule has 9 heteroatoms. The van der Waals surface area contributed by atoms with E-state index < -0.39 is 5.97 Å². The lowest BCUT2D eigenvalue weighted by atomic mass is 10.2. The molecule has 0 atom stereocenters. The van der Waals surface area contributed by atoms with Gasteiger partial charge < -0.3 is 15.4 Å². The van der Waals surface area contributed by atoms with Crippen LogP contribution in [0.3, 0.4) is 0 Å². The minimum absolute atomic E-state index is 0.0138. The summed E-state index contributed by atoms with van der Waals surface area (Å²) in [5.74, 6) is -0.544. The number of nitrogen functional groups attached to an aromatic ring is 1. The van der Waals surface area contributed by atoms with Crippen molar-refractivity contribution in [1.29, 1.82) is 0 Å². The molecule has 24 heavy (non-hydrogen) atoms. The molecule has 124 valence electrons. The van der Waals surface area contributed by atoms with Gasteiger partial charge in [-0.3, -0.25) is 4.79 Å². The van der Waals surface area contributed by atoms with Gasteiger partial charge in [0, 0.05) is 41.1 Å². The highest BCUT2D eigenvalue weighted by molar-refractivity contribution is 14.1. The lowest BCUT2D eigenvalue weighted by Crippen LogP contribution is -2.06. The predicted molar refractivity (Wildman–Crippen MR) is 94.7 cm³/mol. The third-order valence-electron chi connectivity index (χ3n) is 3.45. The van der Waals surface area contributed by atoms with Gasteiger partial charge in [-0.1, -0.05) is 12.1 Å². The molecule has 2 aromatic heterocycles. The van der Waals surface area contributed by atoms with Gasteiger partial charge in [-0.2, -0.15) is 0 Å². The molecule has 0 saturated carbocycles. The molecule has 0 radical (unpaired) electrons. The first-order valence-corrected chi connectivity index (χ1v) is 8.20. The van der Waals surface area contributed by atoms with Gasteiger partial charge in [0.05, 0.1) is 0 Å². The van der Waals surface area contributed by atoms with Crippen molar-refractivity contribution in [3.8, 4) is 11.4 Å².